The monoisotopic (exact) mass is 349 g/mol. The number of nitro groups is 1. The number of hydrogen-bond donors (Lipinski definition) is 1. The van der Waals surface area contributed by atoms with Crippen molar-refractivity contribution in [2.24, 2.45) is 0 Å². The number of nitro benzene ring substituents is 1. The molecular formula is C13H8BrN3O2S. The molecule has 1 N–H and O–H groups in total. The van der Waals surface area contributed by atoms with Crippen LogP contribution in [0.1, 0.15) is 0 Å². The summed E-state index contributed by atoms with van der Waals surface area (Å²) in [5, 5.41) is 14.2. The largest absolute Gasteiger partial charge is 0.350 e. The minimum Gasteiger partial charge on any atom is -0.350 e. The van der Waals surface area contributed by atoms with Crippen molar-refractivity contribution in [1.82, 2.24) is 4.98 Å². The molecule has 0 aliphatic rings. The Morgan fingerprint density at radius 1 is 1.25 bits per heavy atom. The molecule has 0 bridgehead atoms. The van der Waals surface area contributed by atoms with Crippen molar-refractivity contribution in [3.05, 3.63) is 56.5 Å². The molecule has 0 aliphatic heterocycles. The van der Waals surface area contributed by atoms with Crippen LogP contribution in [0.3, 0.4) is 0 Å². The SMILES string of the molecule is O=[N+]([O-])c1cc(Br)ccc1Nc1ccc2ncsc2c1. The van der Waals surface area contributed by atoms with E-state index in [4.69, 9.17) is 0 Å². The van der Waals surface area contributed by atoms with Crippen molar-refractivity contribution in [3.8, 4) is 0 Å². The highest BCUT2D eigenvalue weighted by Crippen LogP contribution is 2.31. The molecule has 1 heterocycles. The first-order valence-corrected chi connectivity index (χ1v) is 7.35. The summed E-state index contributed by atoms with van der Waals surface area (Å²) in [6.45, 7) is 0. The van der Waals surface area contributed by atoms with E-state index in [1.54, 1.807) is 17.6 Å². The van der Waals surface area contributed by atoms with E-state index in [-0.39, 0.29) is 5.69 Å². The van der Waals surface area contributed by atoms with E-state index >= 15 is 0 Å². The molecule has 0 saturated heterocycles. The summed E-state index contributed by atoms with van der Waals surface area (Å²) in [6.07, 6.45) is 0. The van der Waals surface area contributed by atoms with Crippen molar-refractivity contribution in [2.75, 3.05) is 5.32 Å². The molecule has 0 aliphatic carbocycles. The fraction of sp³-hybridized carbons (Fsp3) is 0. The summed E-state index contributed by atoms with van der Waals surface area (Å²) < 4.78 is 1.71. The average molecular weight is 350 g/mol. The standard InChI is InChI=1S/C13H8BrN3O2S/c14-8-1-3-10(12(5-8)17(18)19)16-9-2-4-11-13(6-9)20-7-15-11/h1-7,16H. The molecule has 1 aromatic heterocycles. The van der Waals surface area contributed by atoms with Gasteiger partial charge in [-0.15, -0.1) is 11.3 Å². The smallest absolute Gasteiger partial charge is 0.293 e. The Kier molecular flexibility index (Phi) is 3.37. The molecule has 2 aromatic carbocycles. The molecule has 0 spiro atoms. The molecule has 20 heavy (non-hydrogen) atoms. The number of halogens is 1. The zero-order chi connectivity index (χ0) is 14.1. The van der Waals surface area contributed by atoms with E-state index in [1.165, 1.54) is 17.4 Å². The number of nitrogens with zero attached hydrogens (tertiary/aromatic N) is 2. The first-order chi connectivity index (χ1) is 9.63. The van der Waals surface area contributed by atoms with Gasteiger partial charge < -0.3 is 5.32 Å². The highest BCUT2D eigenvalue weighted by atomic mass is 79.9. The van der Waals surface area contributed by atoms with Gasteiger partial charge in [0.2, 0.25) is 0 Å². The van der Waals surface area contributed by atoms with Crippen LogP contribution in [-0.2, 0) is 0 Å². The molecule has 0 amide bonds. The van der Waals surface area contributed by atoms with Gasteiger partial charge >= 0.3 is 0 Å². The number of fused-ring (bicyclic) bond motifs is 1. The maximum atomic E-state index is 11.1. The molecule has 3 rings (SSSR count). The van der Waals surface area contributed by atoms with Crippen LogP contribution in [-0.4, -0.2) is 9.91 Å². The molecular weight excluding hydrogens is 342 g/mol. The van der Waals surface area contributed by atoms with E-state index in [0.717, 1.165) is 15.9 Å². The molecule has 0 saturated carbocycles. The third kappa shape index (κ3) is 2.50. The predicted octanol–water partition coefficient (Wildman–Crippen LogP) is 4.71. The van der Waals surface area contributed by atoms with E-state index in [9.17, 15) is 10.1 Å². The van der Waals surface area contributed by atoms with E-state index in [2.05, 4.69) is 26.2 Å². The number of nitrogens with one attached hydrogen (secondary N) is 1. The maximum absolute atomic E-state index is 11.1. The van der Waals surface area contributed by atoms with Crippen LogP contribution in [0.2, 0.25) is 0 Å². The first kappa shape index (κ1) is 13.0. The van der Waals surface area contributed by atoms with Gasteiger partial charge in [-0.1, -0.05) is 15.9 Å². The second kappa shape index (κ2) is 5.18. The zero-order valence-corrected chi connectivity index (χ0v) is 12.4. The minimum atomic E-state index is -0.404. The zero-order valence-electron chi connectivity index (χ0n) is 10.0. The van der Waals surface area contributed by atoms with Crippen LogP contribution >= 0.6 is 27.3 Å². The van der Waals surface area contributed by atoms with Crippen LogP contribution < -0.4 is 5.32 Å². The van der Waals surface area contributed by atoms with Crippen LogP contribution in [0.5, 0.6) is 0 Å². The predicted molar refractivity (Wildman–Crippen MR) is 83.7 cm³/mol. The van der Waals surface area contributed by atoms with Gasteiger partial charge in [0, 0.05) is 16.2 Å². The Hall–Kier alpha value is -1.99. The number of rotatable bonds is 3. The number of thiazole rings is 1. The van der Waals surface area contributed by atoms with Gasteiger partial charge in [-0.25, -0.2) is 4.98 Å². The molecule has 0 radical (unpaired) electrons. The van der Waals surface area contributed by atoms with Gasteiger partial charge in [-0.3, -0.25) is 10.1 Å². The van der Waals surface area contributed by atoms with Gasteiger partial charge in [0.25, 0.3) is 5.69 Å². The fourth-order valence-electron chi connectivity index (χ4n) is 1.85. The summed E-state index contributed by atoms with van der Waals surface area (Å²) in [6, 6.07) is 10.6. The minimum absolute atomic E-state index is 0.0313. The lowest BCUT2D eigenvalue weighted by Crippen LogP contribution is -1.96. The van der Waals surface area contributed by atoms with E-state index < -0.39 is 4.92 Å². The number of anilines is 2. The third-order valence-corrected chi connectivity index (χ3v) is 4.05. The van der Waals surface area contributed by atoms with Crippen molar-refractivity contribution >= 4 is 54.5 Å². The molecule has 0 unspecified atom stereocenters. The van der Waals surface area contributed by atoms with E-state index in [0.29, 0.717) is 10.2 Å². The van der Waals surface area contributed by atoms with Crippen LogP contribution in [0.15, 0.2) is 46.4 Å². The highest BCUT2D eigenvalue weighted by Gasteiger charge is 2.14. The van der Waals surface area contributed by atoms with Crippen molar-refractivity contribution in [3.63, 3.8) is 0 Å². The van der Waals surface area contributed by atoms with Gasteiger partial charge in [-0.2, -0.15) is 0 Å². The quantitative estimate of drug-likeness (QED) is 0.549. The Morgan fingerprint density at radius 3 is 2.90 bits per heavy atom. The molecule has 100 valence electrons. The second-order valence-electron chi connectivity index (χ2n) is 4.08. The molecule has 0 fully saturated rings. The highest BCUT2D eigenvalue weighted by molar-refractivity contribution is 9.10. The van der Waals surface area contributed by atoms with Gasteiger partial charge in [0.1, 0.15) is 5.69 Å². The van der Waals surface area contributed by atoms with Crippen LogP contribution in [0, 0.1) is 10.1 Å². The summed E-state index contributed by atoms with van der Waals surface area (Å²) in [5.74, 6) is 0. The fourth-order valence-corrected chi connectivity index (χ4v) is 2.92. The Bertz CT molecular complexity index is 803. The Balaban J connectivity index is 1.99. The van der Waals surface area contributed by atoms with Crippen molar-refractivity contribution in [2.45, 2.75) is 0 Å². The summed E-state index contributed by atoms with van der Waals surface area (Å²) in [4.78, 5) is 14.9. The maximum Gasteiger partial charge on any atom is 0.293 e. The normalized spacial score (nSPS) is 10.7. The lowest BCUT2D eigenvalue weighted by atomic mass is 10.2. The lowest BCUT2D eigenvalue weighted by Gasteiger charge is -2.07. The average Bonchev–Trinajstić information content (AvgIpc) is 2.88. The van der Waals surface area contributed by atoms with Gasteiger partial charge in [0.15, 0.2) is 0 Å². The summed E-state index contributed by atoms with van der Waals surface area (Å²) >= 11 is 4.77. The van der Waals surface area contributed by atoms with E-state index in [1.807, 2.05) is 18.2 Å². The Morgan fingerprint density at radius 2 is 2.10 bits per heavy atom. The summed E-state index contributed by atoms with van der Waals surface area (Å²) in [7, 11) is 0. The lowest BCUT2D eigenvalue weighted by molar-refractivity contribution is -0.384. The Labute approximate surface area is 126 Å². The number of benzene rings is 2. The third-order valence-electron chi connectivity index (χ3n) is 2.77. The molecule has 0 atom stereocenters. The molecule has 7 heteroatoms. The number of hydrogen-bond acceptors (Lipinski definition) is 5. The van der Waals surface area contributed by atoms with Gasteiger partial charge in [-0.05, 0) is 30.3 Å². The van der Waals surface area contributed by atoms with Crippen LogP contribution in [0.25, 0.3) is 10.2 Å². The van der Waals surface area contributed by atoms with Crippen molar-refractivity contribution < 1.29 is 4.92 Å². The van der Waals surface area contributed by atoms with Gasteiger partial charge in [0.05, 0.1) is 20.7 Å². The topological polar surface area (TPSA) is 68.1 Å². The second-order valence-corrected chi connectivity index (χ2v) is 5.88. The summed E-state index contributed by atoms with van der Waals surface area (Å²) in [5.41, 5.74) is 3.99. The van der Waals surface area contributed by atoms with Crippen molar-refractivity contribution in [1.29, 1.82) is 0 Å². The number of aromatic nitrogens is 1. The van der Waals surface area contributed by atoms with Crippen LogP contribution in [0.4, 0.5) is 17.1 Å². The first-order valence-electron chi connectivity index (χ1n) is 5.68. The molecule has 5 nitrogen and oxygen atoms in total. The molecule has 3 aromatic rings.